The molecule has 1 aliphatic heterocycles. The summed E-state index contributed by atoms with van der Waals surface area (Å²) in [5.74, 6) is 0.811. The van der Waals surface area contributed by atoms with E-state index in [0.29, 0.717) is 6.04 Å². The van der Waals surface area contributed by atoms with Crippen molar-refractivity contribution >= 4 is 24.8 Å². The summed E-state index contributed by atoms with van der Waals surface area (Å²) in [6, 6.07) is 11.0. The molecule has 1 aliphatic carbocycles. The van der Waals surface area contributed by atoms with Crippen LogP contribution in [0.3, 0.4) is 0 Å². The van der Waals surface area contributed by atoms with E-state index in [2.05, 4.69) is 28.4 Å². The maximum absolute atomic E-state index is 8.91. The molecule has 1 saturated carbocycles. The molecule has 21 heavy (non-hydrogen) atoms. The van der Waals surface area contributed by atoms with Gasteiger partial charge in [-0.2, -0.15) is 5.26 Å². The summed E-state index contributed by atoms with van der Waals surface area (Å²) in [5, 5.41) is 12.3. The molecule has 3 nitrogen and oxygen atoms in total. The fourth-order valence-corrected chi connectivity index (χ4v) is 3.25. The molecule has 0 amide bonds. The fraction of sp³-hybridized carbons (Fsp3) is 0.562. The van der Waals surface area contributed by atoms with E-state index in [9.17, 15) is 0 Å². The summed E-state index contributed by atoms with van der Waals surface area (Å²) in [6.07, 6.45) is 4.09. The number of hydrogen-bond donors (Lipinski definition) is 1. The maximum Gasteiger partial charge on any atom is 0.0991 e. The molecule has 2 fully saturated rings. The first-order chi connectivity index (χ1) is 9.38. The smallest absolute Gasteiger partial charge is 0.0991 e. The molecule has 116 valence electrons. The lowest BCUT2D eigenvalue weighted by atomic mass is 9.76. The van der Waals surface area contributed by atoms with Crippen molar-refractivity contribution < 1.29 is 0 Å². The molecule has 0 unspecified atom stereocenters. The van der Waals surface area contributed by atoms with Gasteiger partial charge in [0.25, 0.3) is 0 Å². The largest absolute Gasteiger partial charge is 0.314 e. The highest BCUT2D eigenvalue weighted by molar-refractivity contribution is 5.85. The van der Waals surface area contributed by atoms with Gasteiger partial charge in [-0.3, -0.25) is 4.90 Å². The second kappa shape index (κ2) is 8.60. The third-order valence-electron chi connectivity index (χ3n) is 4.52. The van der Waals surface area contributed by atoms with Crippen LogP contribution in [0.25, 0.3) is 0 Å². The number of piperazine rings is 1. The number of nitrogens with one attached hydrogen (secondary N) is 1. The summed E-state index contributed by atoms with van der Waals surface area (Å²) < 4.78 is 0. The second-order valence-electron chi connectivity index (χ2n) is 5.66. The number of hydrogen-bond acceptors (Lipinski definition) is 3. The van der Waals surface area contributed by atoms with Crippen LogP contribution in [0.5, 0.6) is 0 Å². The molecule has 0 aromatic heterocycles. The van der Waals surface area contributed by atoms with E-state index < -0.39 is 0 Å². The van der Waals surface area contributed by atoms with Gasteiger partial charge in [-0.15, -0.1) is 24.8 Å². The standard InChI is InChI=1S/C16H21N3.2ClH/c17-12-13-4-6-15(7-5-13)16(14-2-1-3-14)19-10-8-18-9-11-19;;/h4-7,14,16,18H,1-3,8-11H2;2*1H/t16-;;/m0../s1. The average Bonchev–Trinajstić information content (AvgIpc) is 2.44. The van der Waals surface area contributed by atoms with Crippen molar-refractivity contribution in [3.63, 3.8) is 0 Å². The zero-order valence-electron chi connectivity index (χ0n) is 12.1. The third kappa shape index (κ3) is 4.11. The van der Waals surface area contributed by atoms with E-state index in [1.165, 1.54) is 24.8 Å². The molecule has 1 atom stereocenters. The van der Waals surface area contributed by atoms with Crippen LogP contribution in [0.4, 0.5) is 0 Å². The number of nitrogens with zero attached hydrogens (tertiary/aromatic N) is 2. The van der Waals surface area contributed by atoms with Gasteiger partial charge >= 0.3 is 0 Å². The molecular weight excluding hydrogens is 305 g/mol. The Bertz CT molecular complexity index is 459. The maximum atomic E-state index is 8.91. The normalized spacial score (nSPS) is 20.3. The van der Waals surface area contributed by atoms with Crippen molar-refractivity contribution in [3.05, 3.63) is 35.4 Å². The zero-order valence-corrected chi connectivity index (χ0v) is 13.8. The monoisotopic (exact) mass is 327 g/mol. The van der Waals surface area contributed by atoms with Gasteiger partial charge in [0.1, 0.15) is 0 Å². The Labute approximate surface area is 139 Å². The van der Waals surface area contributed by atoms with Gasteiger partial charge in [-0.05, 0) is 36.5 Å². The number of nitriles is 1. The van der Waals surface area contributed by atoms with E-state index in [0.717, 1.165) is 37.7 Å². The van der Waals surface area contributed by atoms with Gasteiger partial charge in [-0.25, -0.2) is 0 Å². The first-order valence-corrected chi connectivity index (χ1v) is 7.33. The lowest BCUT2D eigenvalue weighted by molar-refractivity contribution is 0.0837. The van der Waals surface area contributed by atoms with Crippen molar-refractivity contribution in [1.82, 2.24) is 10.2 Å². The summed E-state index contributed by atoms with van der Waals surface area (Å²) >= 11 is 0. The molecule has 3 rings (SSSR count). The second-order valence-corrected chi connectivity index (χ2v) is 5.66. The molecule has 1 aromatic rings. The molecule has 1 N–H and O–H groups in total. The van der Waals surface area contributed by atoms with Crippen molar-refractivity contribution in [1.29, 1.82) is 5.26 Å². The summed E-state index contributed by atoms with van der Waals surface area (Å²) in [7, 11) is 0. The third-order valence-corrected chi connectivity index (χ3v) is 4.52. The molecule has 5 heteroatoms. The summed E-state index contributed by atoms with van der Waals surface area (Å²) in [6.45, 7) is 4.47. The Balaban J connectivity index is 0.00000110. The van der Waals surface area contributed by atoms with Crippen molar-refractivity contribution in [3.8, 4) is 6.07 Å². The molecule has 1 saturated heterocycles. The van der Waals surface area contributed by atoms with Crippen molar-refractivity contribution in [2.75, 3.05) is 26.2 Å². The Morgan fingerprint density at radius 3 is 2.19 bits per heavy atom. The lowest BCUT2D eigenvalue weighted by Crippen LogP contribution is -2.47. The Kier molecular flexibility index (Phi) is 7.48. The van der Waals surface area contributed by atoms with Crippen LogP contribution in [0, 0.1) is 17.2 Å². The van der Waals surface area contributed by atoms with Crippen LogP contribution < -0.4 is 5.32 Å². The first-order valence-electron chi connectivity index (χ1n) is 7.33. The molecular formula is C16H23Cl2N3. The van der Waals surface area contributed by atoms with Crippen LogP contribution in [-0.2, 0) is 0 Å². The Morgan fingerprint density at radius 2 is 1.71 bits per heavy atom. The highest BCUT2D eigenvalue weighted by Crippen LogP contribution is 2.41. The minimum absolute atomic E-state index is 0. The van der Waals surface area contributed by atoms with Crippen LogP contribution in [0.1, 0.15) is 36.4 Å². The molecule has 0 bridgehead atoms. The van der Waals surface area contributed by atoms with Gasteiger partial charge in [0.2, 0.25) is 0 Å². The zero-order chi connectivity index (χ0) is 13.1. The minimum atomic E-state index is 0. The van der Waals surface area contributed by atoms with E-state index >= 15 is 0 Å². The van der Waals surface area contributed by atoms with Gasteiger partial charge in [0.05, 0.1) is 11.6 Å². The number of rotatable bonds is 3. The summed E-state index contributed by atoms with van der Waals surface area (Å²) in [5.41, 5.74) is 2.15. The van der Waals surface area contributed by atoms with E-state index in [1.807, 2.05) is 12.1 Å². The fourth-order valence-electron chi connectivity index (χ4n) is 3.25. The Hall–Kier alpha value is -0.790. The van der Waals surface area contributed by atoms with Gasteiger partial charge in [0.15, 0.2) is 0 Å². The quantitative estimate of drug-likeness (QED) is 0.926. The average molecular weight is 328 g/mol. The van der Waals surface area contributed by atoms with Crippen molar-refractivity contribution in [2.45, 2.75) is 25.3 Å². The molecule has 2 aliphatic rings. The van der Waals surface area contributed by atoms with E-state index in [1.54, 1.807) is 0 Å². The Morgan fingerprint density at radius 1 is 1.10 bits per heavy atom. The first kappa shape index (κ1) is 18.3. The predicted octanol–water partition coefficient (Wildman–Crippen LogP) is 3.15. The number of halogens is 2. The highest BCUT2D eigenvalue weighted by atomic mass is 35.5. The predicted molar refractivity (Wildman–Crippen MR) is 90.2 cm³/mol. The minimum Gasteiger partial charge on any atom is -0.314 e. The summed E-state index contributed by atoms with van der Waals surface area (Å²) in [4.78, 5) is 2.63. The number of benzene rings is 1. The van der Waals surface area contributed by atoms with Crippen molar-refractivity contribution in [2.24, 2.45) is 5.92 Å². The van der Waals surface area contributed by atoms with Crippen LogP contribution in [-0.4, -0.2) is 31.1 Å². The van der Waals surface area contributed by atoms with E-state index in [4.69, 9.17) is 5.26 Å². The van der Waals surface area contributed by atoms with Gasteiger partial charge in [-0.1, -0.05) is 18.6 Å². The molecule has 0 radical (unpaired) electrons. The lowest BCUT2D eigenvalue weighted by Gasteiger charge is -2.43. The SMILES string of the molecule is Cl.Cl.N#Cc1ccc([C@H](C2CCC2)N2CCNCC2)cc1. The molecule has 1 aromatic carbocycles. The van der Waals surface area contributed by atoms with Gasteiger partial charge < -0.3 is 5.32 Å². The van der Waals surface area contributed by atoms with Crippen LogP contribution >= 0.6 is 24.8 Å². The van der Waals surface area contributed by atoms with Crippen LogP contribution in [0.15, 0.2) is 24.3 Å². The highest BCUT2D eigenvalue weighted by Gasteiger charge is 2.33. The van der Waals surface area contributed by atoms with E-state index in [-0.39, 0.29) is 24.8 Å². The molecule has 0 spiro atoms. The van der Waals surface area contributed by atoms with Gasteiger partial charge in [0, 0.05) is 32.2 Å². The van der Waals surface area contributed by atoms with Crippen LogP contribution in [0.2, 0.25) is 0 Å². The topological polar surface area (TPSA) is 39.1 Å². The molecule has 1 heterocycles.